The SMILES string of the molecule is O=C1Nc2ccccc2OCC1CC(=O)N1CCN(c2ccccc2)CC1. The van der Waals surface area contributed by atoms with Gasteiger partial charge in [0.1, 0.15) is 12.4 Å². The molecule has 2 aliphatic rings. The number of amides is 2. The van der Waals surface area contributed by atoms with Crippen molar-refractivity contribution in [2.24, 2.45) is 5.92 Å². The average molecular weight is 365 g/mol. The predicted octanol–water partition coefficient (Wildman–Crippen LogP) is 2.37. The summed E-state index contributed by atoms with van der Waals surface area (Å²) in [5, 5.41) is 2.87. The van der Waals surface area contributed by atoms with Crippen LogP contribution in [0.4, 0.5) is 11.4 Å². The number of anilines is 2. The molecule has 0 bridgehead atoms. The van der Waals surface area contributed by atoms with Gasteiger partial charge in [-0.3, -0.25) is 9.59 Å². The molecule has 0 aromatic heterocycles. The zero-order valence-corrected chi connectivity index (χ0v) is 15.1. The third-order valence-corrected chi connectivity index (χ3v) is 5.13. The summed E-state index contributed by atoms with van der Waals surface area (Å²) in [6.07, 6.45) is 0.172. The summed E-state index contributed by atoms with van der Waals surface area (Å²) in [4.78, 5) is 29.3. The van der Waals surface area contributed by atoms with Crippen molar-refractivity contribution in [1.29, 1.82) is 0 Å². The molecule has 1 N–H and O–H groups in total. The maximum absolute atomic E-state index is 12.7. The number of nitrogens with one attached hydrogen (secondary N) is 1. The second kappa shape index (κ2) is 7.70. The van der Waals surface area contributed by atoms with E-state index < -0.39 is 5.92 Å². The zero-order chi connectivity index (χ0) is 18.6. The van der Waals surface area contributed by atoms with Crippen LogP contribution in [0.2, 0.25) is 0 Å². The van der Waals surface area contributed by atoms with Gasteiger partial charge in [0.2, 0.25) is 11.8 Å². The maximum atomic E-state index is 12.7. The first-order valence-corrected chi connectivity index (χ1v) is 9.31. The molecule has 1 fully saturated rings. The smallest absolute Gasteiger partial charge is 0.231 e. The minimum atomic E-state index is -0.475. The molecule has 2 aromatic carbocycles. The lowest BCUT2D eigenvalue weighted by atomic mass is 10.0. The first-order chi connectivity index (χ1) is 13.2. The quantitative estimate of drug-likeness (QED) is 0.907. The normalized spacial score (nSPS) is 19.6. The Kier molecular flexibility index (Phi) is 4.96. The number of ether oxygens (including phenoxy) is 1. The Labute approximate surface area is 158 Å². The highest BCUT2D eigenvalue weighted by Crippen LogP contribution is 2.28. The molecule has 1 saturated heterocycles. The van der Waals surface area contributed by atoms with Gasteiger partial charge >= 0.3 is 0 Å². The van der Waals surface area contributed by atoms with E-state index in [-0.39, 0.29) is 24.8 Å². The van der Waals surface area contributed by atoms with Gasteiger partial charge in [0, 0.05) is 38.3 Å². The van der Waals surface area contributed by atoms with Crippen molar-refractivity contribution in [2.75, 3.05) is 43.0 Å². The highest BCUT2D eigenvalue weighted by Gasteiger charge is 2.30. The van der Waals surface area contributed by atoms with Crippen molar-refractivity contribution in [1.82, 2.24) is 4.90 Å². The number of hydrogen-bond donors (Lipinski definition) is 1. The van der Waals surface area contributed by atoms with Crippen LogP contribution in [0.1, 0.15) is 6.42 Å². The number of benzene rings is 2. The molecule has 1 unspecified atom stereocenters. The standard InChI is InChI=1S/C21H23N3O3/c25-20(24-12-10-23(11-13-24)17-6-2-1-3-7-17)14-16-15-27-19-9-5-4-8-18(19)22-21(16)26/h1-9,16H,10-15H2,(H,22,26). The summed E-state index contributed by atoms with van der Waals surface area (Å²) in [6, 6.07) is 17.6. The van der Waals surface area contributed by atoms with Crippen LogP contribution in [0.5, 0.6) is 5.75 Å². The number of rotatable bonds is 3. The van der Waals surface area contributed by atoms with Crippen LogP contribution in [0, 0.1) is 5.92 Å². The van der Waals surface area contributed by atoms with E-state index in [2.05, 4.69) is 22.3 Å². The third kappa shape index (κ3) is 3.89. The van der Waals surface area contributed by atoms with E-state index in [1.54, 1.807) is 6.07 Å². The van der Waals surface area contributed by atoms with Gasteiger partial charge in [0.15, 0.2) is 0 Å². The number of piperazine rings is 1. The van der Waals surface area contributed by atoms with Gasteiger partial charge in [-0.2, -0.15) is 0 Å². The summed E-state index contributed by atoms with van der Waals surface area (Å²) in [5.41, 5.74) is 1.84. The molecule has 2 amide bonds. The van der Waals surface area contributed by atoms with E-state index in [1.807, 2.05) is 41.3 Å². The molecular weight excluding hydrogens is 342 g/mol. The third-order valence-electron chi connectivity index (χ3n) is 5.13. The van der Waals surface area contributed by atoms with E-state index in [0.29, 0.717) is 24.5 Å². The van der Waals surface area contributed by atoms with Crippen molar-refractivity contribution < 1.29 is 14.3 Å². The van der Waals surface area contributed by atoms with Gasteiger partial charge in [-0.15, -0.1) is 0 Å². The van der Waals surface area contributed by atoms with Crippen LogP contribution in [-0.4, -0.2) is 49.5 Å². The molecule has 6 nitrogen and oxygen atoms in total. The predicted molar refractivity (Wildman–Crippen MR) is 104 cm³/mol. The summed E-state index contributed by atoms with van der Waals surface area (Å²) in [5.74, 6) is 0.0305. The Hall–Kier alpha value is -3.02. The molecule has 140 valence electrons. The van der Waals surface area contributed by atoms with Gasteiger partial charge in [0.05, 0.1) is 11.6 Å². The first kappa shape index (κ1) is 17.4. The summed E-state index contributed by atoms with van der Waals surface area (Å²) >= 11 is 0. The number of para-hydroxylation sites is 3. The molecule has 2 heterocycles. The summed E-state index contributed by atoms with van der Waals surface area (Å²) in [6.45, 7) is 3.16. The first-order valence-electron chi connectivity index (χ1n) is 9.31. The molecule has 1 atom stereocenters. The fourth-order valence-electron chi connectivity index (χ4n) is 3.54. The Morgan fingerprint density at radius 2 is 1.70 bits per heavy atom. The Balaban J connectivity index is 1.33. The second-order valence-electron chi connectivity index (χ2n) is 6.90. The Morgan fingerprint density at radius 3 is 2.48 bits per heavy atom. The lowest BCUT2D eigenvalue weighted by Crippen LogP contribution is -2.49. The minimum Gasteiger partial charge on any atom is -0.491 e. The number of hydrogen-bond acceptors (Lipinski definition) is 4. The van der Waals surface area contributed by atoms with Gasteiger partial charge < -0.3 is 19.9 Å². The molecule has 0 spiro atoms. The van der Waals surface area contributed by atoms with E-state index in [9.17, 15) is 9.59 Å². The molecule has 2 aromatic rings. The van der Waals surface area contributed by atoms with Crippen molar-refractivity contribution in [3.63, 3.8) is 0 Å². The Morgan fingerprint density at radius 1 is 1.00 bits per heavy atom. The molecule has 0 saturated carbocycles. The van der Waals surface area contributed by atoms with Crippen molar-refractivity contribution in [3.05, 3.63) is 54.6 Å². The van der Waals surface area contributed by atoms with Crippen LogP contribution in [0.15, 0.2) is 54.6 Å². The van der Waals surface area contributed by atoms with Crippen LogP contribution >= 0.6 is 0 Å². The Bertz CT molecular complexity index is 816. The lowest BCUT2D eigenvalue weighted by Gasteiger charge is -2.36. The van der Waals surface area contributed by atoms with Crippen LogP contribution in [0.3, 0.4) is 0 Å². The molecule has 6 heteroatoms. The summed E-state index contributed by atoms with van der Waals surface area (Å²) in [7, 11) is 0. The molecule has 2 aliphatic heterocycles. The molecule has 4 rings (SSSR count). The van der Waals surface area contributed by atoms with Crippen molar-refractivity contribution in [2.45, 2.75) is 6.42 Å². The van der Waals surface area contributed by atoms with Gasteiger partial charge in [0.25, 0.3) is 0 Å². The highest BCUT2D eigenvalue weighted by atomic mass is 16.5. The summed E-state index contributed by atoms with van der Waals surface area (Å²) < 4.78 is 5.73. The molecule has 0 radical (unpaired) electrons. The number of fused-ring (bicyclic) bond motifs is 1. The zero-order valence-electron chi connectivity index (χ0n) is 15.1. The maximum Gasteiger partial charge on any atom is 0.231 e. The van der Waals surface area contributed by atoms with E-state index >= 15 is 0 Å². The van der Waals surface area contributed by atoms with Crippen LogP contribution < -0.4 is 15.0 Å². The van der Waals surface area contributed by atoms with E-state index in [0.717, 1.165) is 13.1 Å². The second-order valence-corrected chi connectivity index (χ2v) is 6.90. The van der Waals surface area contributed by atoms with Gasteiger partial charge in [-0.05, 0) is 24.3 Å². The minimum absolute atomic E-state index is 0.0115. The number of nitrogens with zero attached hydrogens (tertiary/aromatic N) is 2. The largest absolute Gasteiger partial charge is 0.491 e. The fourth-order valence-corrected chi connectivity index (χ4v) is 3.54. The molecular formula is C21H23N3O3. The fraction of sp³-hybridized carbons (Fsp3) is 0.333. The molecule has 27 heavy (non-hydrogen) atoms. The number of carbonyl (C=O) groups excluding carboxylic acids is 2. The van der Waals surface area contributed by atoms with Gasteiger partial charge in [-0.1, -0.05) is 30.3 Å². The number of carbonyl (C=O) groups is 2. The van der Waals surface area contributed by atoms with Gasteiger partial charge in [-0.25, -0.2) is 0 Å². The van der Waals surface area contributed by atoms with Crippen LogP contribution in [-0.2, 0) is 9.59 Å². The van der Waals surface area contributed by atoms with Crippen LogP contribution in [0.25, 0.3) is 0 Å². The topological polar surface area (TPSA) is 61.9 Å². The monoisotopic (exact) mass is 365 g/mol. The van der Waals surface area contributed by atoms with E-state index in [4.69, 9.17) is 4.74 Å². The van der Waals surface area contributed by atoms with Crippen molar-refractivity contribution >= 4 is 23.2 Å². The highest BCUT2D eigenvalue weighted by molar-refractivity contribution is 5.97. The lowest BCUT2D eigenvalue weighted by molar-refractivity contribution is -0.135. The molecule has 0 aliphatic carbocycles. The van der Waals surface area contributed by atoms with Crippen molar-refractivity contribution in [3.8, 4) is 5.75 Å². The average Bonchev–Trinajstić information content (AvgIpc) is 2.87. The van der Waals surface area contributed by atoms with E-state index in [1.165, 1.54) is 5.69 Å².